The van der Waals surface area contributed by atoms with E-state index in [9.17, 15) is 0 Å². The molecule has 2 aliphatic heterocycles. The van der Waals surface area contributed by atoms with Gasteiger partial charge in [-0.1, -0.05) is 11.6 Å². The van der Waals surface area contributed by atoms with Crippen LogP contribution in [0.4, 0.5) is 11.6 Å². The third-order valence-electron chi connectivity index (χ3n) is 9.31. The van der Waals surface area contributed by atoms with Gasteiger partial charge in [0.15, 0.2) is 0 Å². The maximum absolute atomic E-state index is 6.76. The molecule has 0 amide bonds. The number of benzene rings is 1. The van der Waals surface area contributed by atoms with Crippen molar-refractivity contribution in [2.45, 2.75) is 56.0 Å². The van der Waals surface area contributed by atoms with Crippen LogP contribution in [0.15, 0.2) is 30.7 Å². The Morgan fingerprint density at radius 3 is 2.57 bits per heavy atom. The molecule has 0 unspecified atom stereocenters. The Hall–Kier alpha value is -2.26. The molecule has 8 nitrogen and oxygen atoms in total. The van der Waals surface area contributed by atoms with Crippen molar-refractivity contribution in [1.29, 1.82) is 0 Å². The smallest absolute Gasteiger partial charge is 0.227 e. The van der Waals surface area contributed by atoms with Crippen molar-refractivity contribution in [1.82, 2.24) is 29.5 Å². The zero-order valence-electron chi connectivity index (χ0n) is 22.0. The Labute approximate surface area is 223 Å². The summed E-state index contributed by atoms with van der Waals surface area (Å²) in [5.41, 5.74) is 3.99. The maximum Gasteiger partial charge on any atom is 0.227 e. The van der Waals surface area contributed by atoms with Crippen molar-refractivity contribution in [3.63, 3.8) is 0 Å². The Bertz CT molecular complexity index is 1320. The Morgan fingerprint density at radius 2 is 1.89 bits per heavy atom. The first-order valence-electron chi connectivity index (χ1n) is 13.5. The van der Waals surface area contributed by atoms with E-state index in [1.807, 2.05) is 18.5 Å². The lowest BCUT2D eigenvalue weighted by Crippen LogP contribution is -2.70. The second kappa shape index (κ2) is 8.37. The van der Waals surface area contributed by atoms with Gasteiger partial charge in [0, 0.05) is 29.3 Å². The number of hydrogen-bond donors (Lipinski definition) is 1. The average Bonchev–Trinajstić information content (AvgIpc) is 3.27. The van der Waals surface area contributed by atoms with Crippen molar-refractivity contribution in [2.75, 3.05) is 52.3 Å². The van der Waals surface area contributed by atoms with Gasteiger partial charge in [0.1, 0.15) is 0 Å². The number of ether oxygens (including phenoxy) is 1. The molecular weight excluding hydrogens is 486 g/mol. The monoisotopic (exact) mass is 521 g/mol. The SMILES string of the molecule is CN(C)CC12CC(n3cc(Nc4ncc5cc(Cl)c(C6CCN(C7(C)COC7)CC6)cc5n4)cn3)(C1)C2. The van der Waals surface area contributed by atoms with Crippen LogP contribution in [0.1, 0.15) is 50.5 Å². The molecule has 0 atom stereocenters. The number of piperidine rings is 1. The molecule has 2 saturated heterocycles. The summed E-state index contributed by atoms with van der Waals surface area (Å²) in [6.45, 7) is 7.34. The van der Waals surface area contributed by atoms with E-state index >= 15 is 0 Å². The summed E-state index contributed by atoms with van der Waals surface area (Å²) in [6.07, 6.45) is 11.7. The molecule has 2 aromatic heterocycles. The van der Waals surface area contributed by atoms with E-state index < -0.39 is 0 Å². The van der Waals surface area contributed by atoms with Crippen LogP contribution in [0.3, 0.4) is 0 Å². The quantitative estimate of drug-likeness (QED) is 0.486. The number of anilines is 2. The van der Waals surface area contributed by atoms with E-state index in [1.165, 1.54) is 31.4 Å². The molecule has 5 fully saturated rings. The Kier molecular flexibility index (Phi) is 5.39. The molecule has 2 bridgehead atoms. The number of nitrogens with zero attached hydrogens (tertiary/aromatic N) is 6. The molecule has 3 saturated carbocycles. The second-order valence-corrected chi connectivity index (χ2v) is 13.1. The molecular formula is C28H36ClN7O. The number of aromatic nitrogens is 4. The molecule has 37 heavy (non-hydrogen) atoms. The van der Waals surface area contributed by atoms with Crippen molar-refractivity contribution >= 4 is 34.1 Å². The summed E-state index contributed by atoms with van der Waals surface area (Å²) in [4.78, 5) is 14.3. The minimum Gasteiger partial charge on any atom is -0.377 e. The third-order valence-corrected chi connectivity index (χ3v) is 9.64. The molecule has 3 aromatic rings. The molecule has 3 aliphatic carbocycles. The van der Waals surface area contributed by atoms with E-state index in [0.29, 0.717) is 17.3 Å². The molecule has 1 N–H and O–H groups in total. The summed E-state index contributed by atoms with van der Waals surface area (Å²) in [6, 6.07) is 4.20. The lowest BCUT2D eigenvalue weighted by Gasteiger charge is -2.71. The molecule has 0 radical (unpaired) electrons. The minimum absolute atomic E-state index is 0.213. The van der Waals surface area contributed by atoms with Gasteiger partial charge in [0.2, 0.25) is 5.95 Å². The van der Waals surface area contributed by atoms with Crippen LogP contribution in [-0.2, 0) is 10.3 Å². The maximum atomic E-state index is 6.76. The van der Waals surface area contributed by atoms with Gasteiger partial charge in [0.25, 0.3) is 0 Å². The summed E-state index contributed by atoms with van der Waals surface area (Å²) in [5, 5.41) is 9.86. The molecule has 9 heteroatoms. The van der Waals surface area contributed by atoms with Crippen LogP contribution in [-0.4, -0.2) is 82.0 Å². The van der Waals surface area contributed by atoms with Crippen LogP contribution in [0.25, 0.3) is 10.9 Å². The van der Waals surface area contributed by atoms with Crippen LogP contribution >= 0.6 is 11.6 Å². The van der Waals surface area contributed by atoms with Crippen LogP contribution in [0.2, 0.25) is 5.02 Å². The lowest BCUT2D eigenvalue weighted by molar-refractivity contribution is -0.200. The average molecular weight is 522 g/mol. The first kappa shape index (κ1) is 23.8. The minimum atomic E-state index is 0.213. The lowest BCUT2D eigenvalue weighted by atomic mass is 9.39. The fraction of sp³-hybridized carbons (Fsp3) is 0.607. The van der Waals surface area contributed by atoms with E-state index in [2.05, 4.69) is 58.1 Å². The Balaban J connectivity index is 1.05. The predicted molar refractivity (Wildman–Crippen MR) is 146 cm³/mol. The van der Waals surface area contributed by atoms with Crippen molar-refractivity contribution in [3.05, 3.63) is 41.3 Å². The third kappa shape index (κ3) is 3.95. The topological polar surface area (TPSA) is 71.3 Å². The molecule has 8 rings (SSSR count). The fourth-order valence-corrected chi connectivity index (χ4v) is 7.87. The van der Waals surface area contributed by atoms with E-state index in [-0.39, 0.29) is 11.1 Å². The number of likely N-dealkylation sites (tertiary alicyclic amines) is 1. The molecule has 196 valence electrons. The first-order valence-corrected chi connectivity index (χ1v) is 13.9. The fourth-order valence-electron chi connectivity index (χ4n) is 7.55. The highest BCUT2D eigenvalue weighted by Gasteiger charge is 2.69. The zero-order valence-corrected chi connectivity index (χ0v) is 22.8. The van der Waals surface area contributed by atoms with Gasteiger partial charge in [-0.2, -0.15) is 5.10 Å². The van der Waals surface area contributed by atoms with Crippen LogP contribution < -0.4 is 5.32 Å². The van der Waals surface area contributed by atoms with Gasteiger partial charge in [-0.3, -0.25) is 9.58 Å². The molecule has 4 heterocycles. The molecule has 5 aliphatic rings. The summed E-state index contributed by atoms with van der Waals surface area (Å²) in [5.74, 6) is 1.04. The highest BCUT2D eigenvalue weighted by molar-refractivity contribution is 6.32. The van der Waals surface area contributed by atoms with E-state index in [1.54, 1.807) is 0 Å². The van der Waals surface area contributed by atoms with Crippen LogP contribution in [0.5, 0.6) is 0 Å². The standard InChI is InChI=1S/C28H36ClN7O/c1-26(17-37-18-26)35-6-4-19(5-7-35)22-9-24-20(8-23(22)29)10-30-25(33-24)32-21-11-31-36(12-21)28-13-27(14-28,15-28)16-34(2)3/h8-12,19H,4-7,13-18H2,1-3H3,(H,30,32,33). The number of halogens is 1. The van der Waals surface area contributed by atoms with Gasteiger partial charge < -0.3 is 15.0 Å². The summed E-state index contributed by atoms with van der Waals surface area (Å²) >= 11 is 6.76. The Morgan fingerprint density at radius 1 is 1.14 bits per heavy atom. The number of nitrogens with one attached hydrogen (secondary N) is 1. The first-order chi connectivity index (χ1) is 17.7. The second-order valence-electron chi connectivity index (χ2n) is 12.7. The number of rotatable bonds is 7. The van der Waals surface area contributed by atoms with E-state index in [0.717, 1.165) is 60.8 Å². The van der Waals surface area contributed by atoms with Crippen molar-refractivity contribution in [3.8, 4) is 0 Å². The highest BCUT2D eigenvalue weighted by Crippen LogP contribution is 2.71. The summed E-state index contributed by atoms with van der Waals surface area (Å²) in [7, 11) is 4.33. The van der Waals surface area contributed by atoms with E-state index in [4.69, 9.17) is 26.4 Å². The van der Waals surface area contributed by atoms with Gasteiger partial charge >= 0.3 is 0 Å². The zero-order chi connectivity index (χ0) is 25.4. The number of fused-ring (bicyclic) bond motifs is 1. The van der Waals surface area contributed by atoms with Crippen LogP contribution in [0, 0.1) is 5.41 Å². The van der Waals surface area contributed by atoms with Gasteiger partial charge in [-0.05, 0) is 95.2 Å². The van der Waals surface area contributed by atoms with Crippen molar-refractivity contribution < 1.29 is 4.74 Å². The molecule has 1 aromatic carbocycles. The number of hydrogen-bond acceptors (Lipinski definition) is 7. The van der Waals surface area contributed by atoms with Gasteiger partial charge in [0.05, 0.1) is 41.7 Å². The largest absolute Gasteiger partial charge is 0.377 e. The van der Waals surface area contributed by atoms with Gasteiger partial charge in [-0.15, -0.1) is 0 Å². The summed E-state index contributed by atoms with van der Waals surface area (Å²) < 4.78 is 7.64. The molecule has 0 spiro atoms. The normalized spacial score (nSPS) is 29.1. The predicted octanol–water partition coefficient (Wildman–Crippen LogP) is 4.63. The highest BCUT2D eigenvalue weighted by atomic mass is 35.5. The van der Waals surface area contributed by atoms with Gasteiger partial charge in [-0.25, -0.2) is 9.97 Å². The van der Waals surface area contributed by atoms with Crippen molar-refractivity contribution in [2.24, 2.45) is 5.41 Å².